The van der Waals surface area contributed by atoms with Crippen LogP contribution in [0.25, 0.3) is 0 Å². The van der Waals surface area contributed by atoms with E-state index in [1.54, 1.807) is 23.2 Å². The van der Waals surface area contributed by atoms with Crippen molar-refractivity contribution in [2.24, 2.45) is 11.5 Å². The van der Waals surface area contributed by atoms with Crippen molar-refractivity contribution in [2.75, 3.05) is 12.1 Å². The van der Waals surface area contributed by atoms with Crippen molar-refractivity contribution in [3.63, 3.8) is 0 Å². The SMILES string of the molecule is COc1ccccc1C(=O)NCc1ccc(C2NN(c3ccc(C)cc3)C(N)=C2C(N)=O)cc1. The highest BCUT2D eigenvalue weighted by Gasteiger charge is 2.34. The zero-order valence-electron chi connectivity index (χ0n) is 19.0. The topological polar surface area (TPSA) is 123 Å². The molecule has 0 aromatic heterocycles. The predicted molar refractivity (Wildman–Crippen MR) is 131 cm³/mol. The zero-order valence-corrected chi connectivity index (χ0v) is 19.0. The van der Waals surface area contributed by atoms with E-state index in [1.807, 2.05) is 61.5 Å². The Morgan fingerprint density at radius 3 is 2.35 bits per heavy atom. The van der Waals surface area contributed by atoms with Crippen LogP contribution in [0.1, 0.15) is 33.1 Å². The first-order valence-electron chi connectivity index (χ1n) is 10.8. The number of hydrazine groups is 1. The second-order valence-corrected chi connectivity index (χ2v) is 8.02. The Morgan fingerprint density at radius 1 is 1.03 bits per heavy atom. The lowest BCUT2D eigenvalue weighted by atomic mass is 9.98. The van der Waals surface area contributed by atoms with Crippen LogP contribution < -0.4 is 32.0 Å². The van der Waals surface area contributed by atoms with Crippen LogP contribution >= 0.6 is 0 Å². The summed E-state index contributed by atoms with van der Waals surface area (Å²) in [7, 11) is 1.53. The summed E-state index contributed by atoms with van der Waals surface area (Å²) in [6, 6.07) is 21.9. The van der Waals surface area contributed by atoms with Gasteiger partial charge < -0.3 is 21.5 Å². The third-order valence-corrected chi connectivity index (χ3v) is 5.74. The number of aryl methyl sites for hydroxylation is 1. The molecule has 2 amide bonds. The number of carbonyl (C=O) groups is 2. The fourth-order valence-corrected chi connectivity index (χ4v) is 3.89. The summed E-state index contributed by atoms with van der Waals surface area (Å²) in [5, 5.41) is 4.57. The minimum Gasteiger partial charge on any atom is -0.496 e. The number of ether oxygens (including phenoxy) is 1. The van der Waals surface area contributed by atoms with E-state index in [-0.39, 0.29) is 11.7 Å². The highest BCUT2D eigenvalue weighted by Crippen LogP contribution is 2.33. The van der Waals surface area contributed by atoms with E-state index >= 15 is 0 Å². The first-order valence-corrected chi connectivity index (χ1v) is 10.8. The number of nitrogens with zero attached hydrogens (tertiary/aromatic N) is 1. The lowest BCUT2D eigenvalue weighted by Gasteiger charge is -2.22. The third-order valence-electron chi connectivity index (χ3n) is 5.74. The van der Waals surface area contributed by atoms with Gasteiger partial charge in [0, 0.05) is 6.54 Å². The van der Waals surface area contributed by atoms with Gasteiger partial charge in [0.15, 0.2) is 0 Å². The van der Waals surface area contributed by atoms with Crippen LogP contribution in [-0.2, 0) is 11.3 Å². The fourth-order valence-electron chi connectivity index (χ4n) is 3.89. The predicted octanol–water partition coefficient (Wildman–Crippen LogP) is 2.66. The summed E-state index contributed by atoms with van der Waals surface area (Å²) in [4.78, 5) is 24.8. The number of nitrogens with one attached hydrogen (secondary N) is 2. The molecule has 1 aliphatic rings. The molecule has 0 saturated carbocycles. The lowest BCUT2D eigenvalue weighted by Crippen LogP contribution is -2.36. The summed E-state index contributed by atoms with van der Waals surface area (Å²) < 4.78 is 5.25. The molecule has 174 valence electrons. The van der Waals surface area contributed by atoms with Crippen molar-refractivity contribution in [3.05, 3.63) is 106 Å². The number of amides is 2. The minimum absolute atomic E-state index is 0.223. The van der Waals surface area contributed by atoms with Gasteiger partial charge in [-0.2, -0.15) is 0 Å². The van der Waals surface area contributed by atoms with Crippen LogP contribution in [0.15, 0.2) is 84.2 Å². The molecule has 8 nitrogen and oxygen atoms in total. The van der Waals surface area contributed by atoms with Gasteiger partial charge in [0.05, 0.1) is 30.0 Å². The number of benzene rings is 3. The van der Waals surface area contributed by atoms with Gasteiger partial charge in [-0.15, -0.1) is 0 Å². The highest BCUT2D eigenvalue weighted by molar-refractivity contribution is 5.97. The molecule has 1 heterocycles. The Bertz CT molecular complexity index is 1240. The average Bonchev–Trinajstić information content (AvgIpc) is 3.20. The summed E-state index contributed by atoms with van der Waals surface area (Å²) in [6.45, 7) is 2.34. The van der Waals surface area contributed by atoms with Gasteiger partial charge in [-0.3, -0.25) is 14.6 Å². The maximum atomic E-state index is 12.5. The van der Waals surface area contributed by atoms with Crippen molar-refractivity contribution in [1.82, 2.24) is 10.7 Å². The maximum Gasteiger partial charge on any atom is 0.255 e. The van der Waals surface area contributed by atoms with Gasteiger partial charge in [-0.1, -0.05) is 54.1 Å². The second-order valence-electron chi connectivity index (χ2n) is 8.02. The van der Waals surface area contributed by atoms with Gasteiger partial charge in [-0.05, 0) is 42.3 Å². The Labute approximate surface area is 198 Å². The number of methoxy groups -OCH3 is 1. The number of nitrogens with two attached hydrogens (primary N) is 2. The number of anilines is 1. The molecule has 0 spiro atoms. The smallest absolute Gasteiger partial charge is 0.255 e. The molecular weight excluding hydrogens is 430 g/mol. The quantitative estimate of drug-likeness (QED) is 0.433. The average molecular weight is 458 g/mol. The molecule has 1 aliphatic heterocycles. The number of hydrogen-bond donors (Lipinski definition) is 4. The van der Waals surface area contributed by atoms with Crippen molar-refractivity contribution >= 4 is 17.5 Å². The van der Waals surface area contributed by atoms with E-state index in [0.717, 1.165) is 22.4 Å². The molecule has 4 rings (SSSR count). The van der Waals surface area contributed by atoms with E-state index in [0.29, 0.717) is 23.4 Å². The second kappa shape index (κ2) is 9.68. The van der Waals surface area contributed by atoms with Crippen LogP contribution in [0.3, 0.4) is 0 Å². The molecule has 6 N–H and O–H groups in total. The van der Waals surface area contributed by atoms with Crippen molar-refractivity contribution in [2.45, 2.75) is 19.5 Å². The van der Waals surface area contributed by atoms with Crippen LogP contribution in [0.5, 0.6) is 5.75 Å². The standard InChI is InChI=1S/C26H27N5O3/c1-16-7-13-19(14-8-16)31-24(27)22(25(28)32)23(30-31)18-11-9-17(10-12-18)15-29-26(33)20-5-3-4-6-21(20)34-2/h3-14,23,30H,15,27H2,1-2H3,(H2,28,32)(H,29,33). The van der Waals surface area contributed by atoms with E-state index < -0.39 is 11.9 Å². The Balaban J connectivity index is 1.49. The van der Waals surface area contributed by atoms with Gasteiger partial charge in [0.25, 0.3) is 5.91 Å². The van der Waals surface area contributed by atoms with Crippen LogP contribution in [0.2, 0.25) is 0 Å². The zero-order chi connectivity index (χ0) is 24.2. The molecule has 3 aromatic carbocycles. The summed E-state index contributed by atoms with van der Waals surface area (Å²) >= 11 is 0. The van der Waals surface area contributed by atoms with E-state index in [9.17, 15) is 9.59 Å². The number of para-hydroxylation sites is 1. The van der Waals surface area contributed by atoms with E-state index in [4.69, 9.17) is 16.2 Å². The van der Waals surface area contributed by atoms with Gasteiger partial charge in [0.1, 0.15) is 11.6 Å². The van der Waals surface area contributed by atoms with Crippen LogP contribution in [0.4, 0.5) is 5.69 Å². The Kier molecular flexibility index (Phi) is 6.51. The summed E-state index contributed by atoms with van der Waals surface area (Å²) in [5.41, 5.74) is 19.7. The normalized spacial score (nSPS) is 15.4. The minimum atomic E-state index is -0.585. The van der Waals surface area contributed by atoms with Crippen molar-refractivity contribution in [3.8, 4) is 5.75 Å². The number of primary amides is 1. The third kappa shape index (κ3) is 4.57. The molecule has 0 fully saturated rings. The molecule has 1 atom stereocenters. The Morgan fingerprint density at radius 2 is 1.71 bits per heavy atom. The first-order chi connectivity index (χ1) is 16.4. The molecule has 34 heavy (non-hydrogen) atoms. The Hall–Kier alpha value is -4.30. The summed E-state index contributed by atoms with van der Waals surface area (Å²) in [6.07, 6.45) is 0. The molecule has 0 saturated heterocycles. The fraction of sp³-hybridized carbons (Fsp3) is 0.154. The highest BCUT2D eigenvalue weighted by atomic mass is 16.5. The molecule has 0 bridgehead atoms. The summed E-state index contributed by atoms with van der Waals surface area (Å²) in [5.74, 6) is -0.0177. The monoisotopic (exact) mass is 457 g/mol. The molecule has 8 heteroatoms. The van der Waals surface area contributed by atoms with Gasteiger partial charge >= 0.3 is 0 Å². The number of rotatable bonds is 7. The number of carbonyl (C=O) groups excluding carboxylic acids is 2. The lowest BCUT2D eigenvalue weighted by molar-refractivity contribution is -0.114. The molecule has 1 unspecified atom stereocenters. The molecular formula is C26H27N5O3. The van der Waals surface area contributed by atoms with Crippen LogP contribution in [-0.4, -0.2) is 18.9 Å². The van der Waals surface area contributed by atoms with Crippen molar-refractivity contribution in [1.29, 1.82) is 0 Å². The maximum absolute atomic E-state index is 12.5. The molecule has 3 aromatic rings. The van der Waals surface area contributed by atoms with Gasteiger partial charge in [0.2, 0.25) is 5.91 Å². The van der Waals surface area contributed by atoms with Crippen molar-refractivity contribution < 1.29 is 14.3 Å². The first kappa shape index (κ1) is 22.9. The number of hydrogen-bond acceptors (Lipinski definition) is 6. The largest absolute Gasteiger partial charge is 0.496 e. The molecule has 0 aliphatic carbocycles. The van der Waals surface area contributed by atoms with Crippen LogP contribution in [0, 0.1) is 6.92 Å². The van der Waals surface area contributed by atoms with E-state index in [1.165, 1.54) is 7.11 Å². The molecule has 0 radical (unpaired) electrons. The van der Waals surface area contributed by atoms with E-state index in [2.05, 4.69) is 10.7 Å². The van der Waals surface area contributed by atoms with Gasteiger partial charge in [-0.25, -0.2) is 5.43 Å².